The number of aryl methyl sites for hydroxylation is 1. The van der Waals surface area contributed by atoms with E-state index in [0.29, 0.717) is 11.8 Å². The van der Waals surface area contributed by atoms with E-state index in [4.69, 9.17) is 9.52 Å². The quantitative estimate of drug-likeness (QED) is 0.726. The molecular formula is C12H15N3O3. The zero-order chi connectivity index (χ0) is 13.0. The number of aromatic nitrogens is 2. The first-order valence-electron chi connectivity index (χ1n) is 5.62. The summed E-state index contributed by atoms with van der Waals surface area (Å²) in [5.74, 6) is 0.970. The third-order valence-corrected chi connectivity index (χ3v) is 2.39. The zero-order valence-corrected chi connectivity index (χ0v) is 10.00. The number of rotatable bonds is 5. The topological polar surface area (TPSA) is 91.4 Å². The maximum Gasteiger partial charge on any atom is 0.247 e. The predicted octanol–water partition coefficient (Wildman–Crippen LogP) is 0.810. The second kappa shape index (κ2) is 5.61. The predicted molar refractivity (Wildman–Crippen MR) is 66.1 cm³/mol. The van der Waals surface area contributed by atoms with Gasteiger partial charge >= 0.3 is 0 Å². The number of benzene rings is 1. The molecule has 6 nitrogen and oxygen atoms in total. The molecule has 6 heteroatoms. The summed E-state index contributed by atoms with van der Waals surface area (Å²) in [6.45, 7) is 1.74. The summed E-state index contributed by atoms with van der Waals surface area (Å²) < 4.78 is 5.33. The Labute approximate surface area is 104 Å². The summed E-state index contributed by atoms with van der Waals surface area (Å²) in [6, 6.07) is 7.41. The molecule has 0 saturated heterocycles. The van der Waals surface area contributed by atoms with Crippen LogP contribution >= 0.6 is 0 Å². The Morgan fingerprint density at radius 2 is 2.22 bits per heavy atom. The first-order valence-corrected chi connectivity index (χ1v) is 5.62. The number of nitrogens with zero attached hydrogens (tertiary/aromatic N) is 2. The summed E-state index contributed by atoms with van der Waals surface area (Å²) in [4.78, 5) is 0. The minimum absolute atomic E-state index is 0.268. The van der Waals surface area contributed by atoms with E-state index in [9.17, 15) is 5.11 Å². The maximum atomic E-state index is 9.26. The summed E-state index contributed by atoms with van der Waals surface area (Å²) in [6.07, 6.45) is -0.778. The Balaban J connectivity index is 2.10. The van der Waals surface area contributed by atoms with Crippen molar-refractivity contribution in [1.82, 2.24) is 10.2 Å². The lowest BCUT2D eigenvalue weighted by atomic mass is 10.2. The monoisotopic (exact) mass is 249 g/mol. The molecule has 0 saturated carbocycles. The summed E-state index contributed by atoms with van der Waals surface area (Å²) in [5.41, 5.74) is 1.62. The van der Waals surface area contributed by atoms with Crippen molar-refractivity contribution >= 4 is 5.69 Å². The smallest absolute Gasteiger partial charge is 0.247 e. The van der Waals surface area contributed by atoms with Crippen LogP contribution in [0.15, 0.2) is 28.7 Å². The largest absolute Gasteiger partial charge is 0.421 e. The lowest BCUT2D eigenvalue weighted by Gasteiger charge is -2.10. The maximum absolute atomic E-state index is 9.26. The van der Waals surface area contributed by atoms with Gasteiger partial charge in [-0.3, -0.25) is 0 Å². The van der Waals surface area contributed by atoms with Gasteiger partial charge in [0.1, 0.15) is 0 Å². The molecule has 0 aliphatic rings. The highest BCUT2D eigenvalue weighted by Crippen LogP contribution is 2.21. The van der Waals surface area contributed by atoms with E-state index in [2.05, 4.69) is 15.5 Å². The molecule has 18 heavy (non-hydrogen) atoms. The molecule has 1 aromatic heterocycles. The molecule has 2 aromatic rings. The van der Waals surface area contributed by atoms with Crippen molar-refractivity contribution in [2.24, 2.45) is 0 Å². The van der Waals surface area contributed by atoms with Crippen molar-refractivity contribution in [3.63, 3.8) is 0 Å². The average molecular weight is 249 g/mol. The molecule has 0 amide bonds. The molecule has 1 unspecified atom stereocenters. The standard InChI is InChI=1S/C12H15N3O3/c1-8-14-15-12(18-8)9-3-2-4-10(5-9)13-6-11(17)7-16/h2-5,11,13,16-17H,6-7H2,1H3. The van der Waals surface area contributed by atoms with E-state index in [1.807, 2.05) is 24.3 Å². The van der Waals surface area contributed by atoms with Crippen LogP contribution < -0.4 is 5.32 Å². The van der Waals surface area contributed by atoms with Crippen molar-refractivity contribution in [1.29, 1.82) is 0 Å². The Kier molecular flexibility index (Phi) is 3.91. The SMILES string of the molecule is Cc1nnc(-c2cccc(NCC(O)CO)c2)o1. The minimum atomic E-state index is -0.778. The Morgan fingerprint density at radius 1 is 1.39 bits per heavy atom. The fraction of sp³-hybridized carbons (Fsp3) is 0.333. The van der Waals surface area contributed by atoms with Crippen molar-refractivity contribution in [2.75, 3.05) is 18.5 Å². The second-order valence-electron chi connectivity index (χ2n) is 3.92. The van der Waals surface area contributed by atoms with Crippen LogP contribution in [0.1, 0.15) is 5.89 Å². The lowest BCUT2D eigenvalue weighted by Crippen LogP contribution is -2.22. The van der Waals surface area contributed by atoms with Crippen LogP contribution in [0.4, 0.5) is 5.69 Å². The molecule has 1 heterocycles. The number of anilines is 1. The van der Waals surface area contributed by atoms with Crippen molar-refractivity contribution in [2.45, 2.75) is 13.0 Å². The molecule has 1 atom stereocenters. The van der Waals surface area contributed by atoms with Gasteiger partial charge in [-0.15, -0.1) is 10.2 Å². The van der Waals surface area contributed by atoms with E-state index in [0.717, 1.165) is 11.3 Å². The normalized spacial score (nSPS) is 12.4. The highest BCUT2D eigenvalue weighted by molar-refractivity contribution is 5.60. The molecule has 0 fully saturated rings. The van der Waals surface area contributed by atoms with Gasteiger partial charge in [-0.05, 0) is 18.2 Å². The average Bonchev–Trinajstić information content (AvgIpc) is 2.83. The molecular weight excluding hydrogens is 234 g/mol. The Hall–Kier alpha value is -1.92. The van der Waals surface area contributed by atoms with E-state index < -0.39 is 6.10 Å². The molecule has 2 rings (SSSR count). The van der Waals surface area contributed by atoms with E-state index in [1.165, 1.54) is 0 Å². The van der Waals surface area contributed by atoms with Gasteiger partial charge in [-0.1, -0.05) is 6.07 Å². The van der Waals surface area contributed by atoms with Crippen molar-refractivity contribution in [3.05, 3.63) is 30.2 Å². The van der Waals surface area contributed by atoms with E-state index in [-0.39, 0.29) is 13.2 Å². The molecule has 96 valence electrons. The number of hydrogen-bond donors (Lipinski definition) is 3. The van der Waals surface area contributed by atoms with Gasteiger partial charge in [0.15, 0.2) is 0 Å². The van der Waals surface area contributed by atoms with Crippen LogP contribution in [0, 0.1) is 6.92 Å². The third kappa shape index (κ3) is 3.06. The van der Waals surface area contributed by atoms with Crippen molar-refractivity contribution < 1.29 is 14.6 Å². The molecule has 1 aromatic carbocycles. The third-order valence-electron chi connectivity index (χ3n) is 2.39. The molecule has 0 aliphatic heterocycles. The number of hydrogen-bond acceptors (Lipinski definition) is 6. The van der Waals surface area contributed by atoms with Gasteiger partial charge in [0, 0.05) is 24.7 Å². The highest BCUT2D eigenvalue weighted by atomic mass is 16.4. The van der Waals surface area contributed by atoms with Crippen LogP contribution in [0.25, 0.3) is 11.5 Å². The van der Waals surface area contributed by atoms with Gasteiger partial charge in [0.2, 0.25) is 11.8 Å². The van der Waals surface area contributed by atoms with Gasteiger partial charge in [0.25, 0.3) is 0 Å². The Bertz CT molecular complexity index is 513. The second-order valence-corrected chi connectivity index (χ2v) is 3.92. The van der Waals surface area contributed by atoms with Crippen LogP contribution in [0.2, 0.25) is 0 Å². The summed E-state index contributed by atoms with van der Waals surface area (Å²) in [5, 5.41) is 28.7. The van der Waals surface area contributed by atoms with Crippen LogP contribution in [-0.2, 0) is 0 Å². The van der Waals surface area contributed by atoms with E-state index >= 15 is 0 Å². The first-order chi connectivity index (χ1) is 8.69. The molecule has 0 radical (unpaired) electrons. The van der Waals surface area contributed by atoms with Gasteiger partial charge in [-0.25, -0.2) is 0 Å². The van der Waals surface area contributed by atoms with Crippen molar-refractivity contribution in [3.8, 4) is 11.5 Å². The summed E-state index contributed by atoms with van der Waals surface area (Å²) in [7, 11) is 0. The number of nitrogens with one attached hydrogen (secondary N) is 1. The molecule has 3 N–H and O–H groups in total. The van der Waals surface area contributed by atoms with Gasteiger partial charge < -0.3 is 19.9 Å². The summed E-state index contributed by atoms with van der Waals surface area (Å²) >= 11 is 0. The fourth-order valence-electron chi connectivity index (χ4n) is 1.48. The van der Waals surface area contributed by atoms with Crippen LogP contribution in [0.5, 0.6) is 0 Å². The van der Waals surface area contributed by atoms with Crippen LogP contribution in [-0.4, -0.2) is 39.7 Å². The number of aliphatic hydroxyl groups excluding tert-OH is 2. The highest BCUT2D eigenvalue weighted by Gasteiger charge is 2.07. The molecule has 0 aliphatic carbocycles. The van der Waals surface area contributed by atoms with Crippen LogP contribution in [0.3, 0.4) is 0 Å². The molecule has 0 spiro atoms. The number of aliphatic hydroxyl groups is 2. The fourth-order valence-corrected chi connectivity index (χ4v) is 1.48. The van der Waals surface area contributed by atoms with E-state index in [1.54, 1.807) is 6.92 Å². The van der Waals surface area contributed by atoms with Gasteiger partial charge in [0.05, 0.1) is 12.7 Å². The minimum Gasteiger partial charge on any atom is -0.421 e. The molecule has 0 bridgehead atoms. The van der Waals surface area contributed by atoms with Gasteiger partial charge in [-0.2, -0.15) is 0 Å². The lowest BCUT2D eigenvalue weighted by molar-refractivity contribution is 0.105. The Morgan fingerprint density at radius 3 is 2.89 bits per heavy atom. The first kappa shape index (κ1) is 12.5. The zero-order valence-electron chi connectivity index (χ0n) is 10.00.